The van der Waals surface area contributed by atoms with Crippen molar-refractivity contribution >= 4 is 34.8 Å². The van der Waals surface area contributed by atoms with Crippen LogP contribution in [0.25, 0.3) is 0 Å². The maximum atomic E-state index is 12.3. The second-order valence-electron chi connectivity index (χ2n) is 6.97. The van der Waals surface area contributed by atoms with Crippen LogP contribution in [-0.4, -0.2) is 60.3 Å². The van der Waals surface area contributed by atoms with Crippen molar-refractivity contribution in [2.75, 3.05) is 37.7 Å². The number of amides is 1. The van der Waals surface area contributed by atoms with Gasteiger partial charge < -0.3 is 14.5 Å². The van der Waals surface area contributed by atoms with E-state index in [1.165, 1.54) is 0 Å². The molecule has 1 fully saturated rings. The first-order chi connectivity index (χ1) is 13.9. The Hall–Kier alpha value is -2.74. The van der Waals surface area contributed by atoms with Crippen LogP contribution in [-0.2, 0) is 14.3 Å². The van der Waals surface area contributed by atoms with Crippen LogP contribution < -0.4 is 4.90 Å². The summed E-state index contributed by atoms with van der Waals surface area (Å²) in [4.78, 5) is 46.6. The Bertz CT molecular complexity index is 873. The molecule has 1 amide bonds. The number of ether oxygens (including phenoxy) is 1. The van der Waals surface area contributed by atoms with Gasteiger partial charge in [-0.3, -0.25) is 14.4 Å². The smallest absolute Gasteiger partial charge is 0.306 e. The first kappa shape index (κ1) is 21.0. The fourth-order valence-electron chi connectivity index (χ4n) is 3.29. The maximum Gasteiger partial charge on any atom is 0.306 e. The van der Waals surface area contributed by atoms with Crippen molar-refractivity contribution in [3.8, 4) is 0 Å². The molecule has 0 aromatic carbocycles. The highest BCUT2D eigenvalue weighted by atomic mass is 32.1. The Morgan fingerprint density at radius 2 is 1.86 bits per heavy atom. The number of ketones is 1. The van der Waals surface area contributed by atoms with Gasteiger partial charge in [0.25, 0.3) is 5.91 Å². The molecule has 7 nitrogen and oxygen atoms in total. The van der Waals surface area contributed by atoms with Crippen LogP contribution >= 0.6 is 11.3 Å². The van der Waals surface area contributed by atoms with Gasteiger partial charge in [0.05, 0.1) is 6.42 Å². The van der Waals surface area contributed by atoms with Gasteiger partial charge in [-0.1, -0.05) is 6.07 Å². The molecule has 1 aliphatic rings. The molecule has 0 spiro atoms. The van der Waals surface area contributed by atoms with Gasteiger partial charge in [0.1, 0.15) is 5.82 Å². The molecule has 1 saturated heterocycles. The Kier molecular flexibility index (Phi) is 6.98. The molecule has 154 valence electrons. The maximum absolute atomic E-state index is 12.3. The van der Waals surface area contributed by atoms with Crippen molar-refractivity contribution in [2.45, 2.75) is 26.7 Å². The van der Waals surface area contributed by atoms with E-state index in [4.69, 9.17) is 4.74 Å². The molecule has 8 heteroatoms. The van der Waals surface area contributed by atoms with Crippen LogP contribution in [0.15, 0.2) is 30.5 Å². The number of nitrogens with zero attached hydrogens (tertiary/aromatic N) is 3. The molecule has 0 saturated carbocycles. The summed E-state index contributed by atoms with van der Waals surface area (Å²) in [6, 6.07) is 7.60. The molecule has 0 radical (unpaired) electrons. The van der Waals surface area contributed by atoms with Gasteiger partial charge in [-0.2, -0.15) is 0 Å². The molecular formula is C21H25N3O4S. The molecule has 3 rings (SSSR count). The lowest BCUT2D eigenvalue weighted by atomic mass is 10.1. The number of carbonyl (C=O) groups is 3. The lowest BCUT2D eigenvalue weighted by Crippen LogP contribution is -2.50. The van der Waals surface area contributed by atoms with Gasteiger partial charge in [-0.25, -0.2) is 4.98 Å². The van der Waals surface area contributed by atoms with Crippen molar-refractivity contribution in [1.29, 1.82) is 0 Å². The standard InChI is InChI=1S/C21H25N3O4S/c1-15-13-17(16(2)29-15)18(25)6-7-21(27)28-14-20(26)24-11-9-23(10-12-24)19-5-3-4-8-22-19/h3-5,8,13H,6-7,9-12,14H2,1-2H3. The van der Waals surface area contributed by atoms with Gasteiger partial charge in [-0.05, 0) is 32.0 Å². The van der Waals surface area contributed by atoms with Crippen molar-refractivity contribution in [3.63, 3.8) is 0 Å². The fraction of sp³-hybridized carbons (Fsp3) is 0.429. The topological polar surface area (TPSA) is 79.8 Å². The molecular weight excluding hydrogens is 390 g/mol. The normalized spacial score (nSPS) is 14.0. The zero-order valence-corrected chi connectivity index (χ0v) is 17.5. The Labute approximate surface area is 174 Å². The third kappa shape index (κ3) is 5.63. The summed E-state index contributed by atoms with van der Waals surface area (Å²) in [5, 5.41) is 0. The molecule has 0 unspecified atom stereocenters. The van der Waals surface area contributed by atoms with Crippen molar-refractivity contribution < 1.29 is 19.1 Å². The number of carbonyl (C=O) groups excluding carboxylic acids is 3. The third-order valence-corrected chi connectivity index (χ3v) is 5.83. The van der Waals surface area contributed by atoms with E-state index in [1.54, 1.807) is 22.4 Å². The molecule has 3 heterocycles. The fourth-order valence-corrected chi connectivity index (χ4v) is 4.23. The van der Waals surface area contributed by atoms with Crippen molar-refractivity contribution in [1.82, 2.24) is 9.88 Å². The number of rotatable bonds is 7. The number of hydrogen-bond acceptors (Lipinski definition) is 7. The van der Waals surface area contributed by atoms with E-state index >= 15 is 0 Å². The number of thiophene rings is 1. The van der Waals surface area contributed by atoms with E-state index in [0.29, 0.717) is 31.7 Å². The quantitative estimate of drug-likeness (QED) is 0.511. The zero-order valence-electron chi connectivity index (χ0n) is 16.7. The van der Waals surface area contributed by atoms with E-state index in [1.807, 2.05) is 38.1 Å². The molecule has 29 heavy (non-hydrogen) atoms. The van der Waals surface area contributed by atoms with Crippen molar-refractivity contribution in [3.05, 3.63) is 45.8 Å². The first-order valence-electron chi connectivity index (χ1n) is 9.63. The molecule has 0 N–H and O–H groups in total. The number of anilines is 1. The van der Waals surface area contributed by atoms with Crippen LogP contribution in [0.4, 0.5) is 5.82 Å². The number of aryl methyl sites for hydroxylation is 2. The van der Waals surface area contributed by atoms with E-state index in [9.17, 15) is 14.4 Å². The average Bonchev–Trinajstić information content (AvgIpc) is 3.09. The van der Waals surface area contributed by atoms with E-state index in [0.717, 1.165) is 15.6 Å². The van der Waals surface area contributed by atoms with E-state index in [2.05, 4.69) is 9.88 Å². The van der Waals surface area contributed by atoms with Crippen LogP contribution in [0.1, 0.15) is 33.0 Å². The van der Waals surface area contributed by atoms with Gasteiger partial charge >= 0.3 is 5.97 Å². The third-order valence-electron chi connectivity index (χ3n) is 4.86. The molecule has 2 aromatic heterocycles. The highest BCUT2D eigenvalue weighted by Crippen LogP contribution is 2.22. The highest BCUT2D eigenvalue weighted by molar-refractivity contribution is 7.12. The second kappa shape index (κ2) is 9.65. The summed E-state index contributed by atoms with van der Waals surface area (Å²) in [6.07, 6.45) is 1.82. The molecule has 2 aromatic rings. The monoisotopic (exact) mass is 415 g/mol. The predicted octanol–water partition coefficient (Wildman–Crippen LogP) is 2.61. The largest absolute Gasteiger partial charge is 0.456 e. The molecule has 0 atom stereocenters. The number of hydrogen-bond donors (Lipinski definition) is 0. The summed E-state index contributed by atoms with van der Waals surface area (Å²) in [6.45, 7) is 6.05. The van der Waals surface area contributed by atoms with Gasteiger partial charge in [0.2, 0.25) is 0 Å². The summed E-state index contributed by atoms with van der Waals surface area (Å²) in [5.41, 5.74) is 0.669. The average molecular weight is 416 g/mol. The number of aromatic nitrogens is 1. The minimum absolute atomic E-state index is 0.0199. The van der Waals surface area contributed by atoms with Crippen LogP contribution in [0.5, 0.6) is 0 Å². The van der Waals surface area contributed by atoms with Gasteiger partial charge in [0, 0.05) is 54.1 Å². The second-order valence-corrected chi connectivity index (χ2v) is 8.43. The number of pyridine rings is 1. The first-order valence-corrected chi connectivity index (χ1v) is 10.5. The summed E-state index contributed by atoms with van der Waals surface area (Å²) in [5.74, 6) is 0.0885. The Morgan fingerprint density at radius 3 is 2.48 bits per heavy atom. The molecule has 0 aliphatic carbocycles. The molecule has 1 aliphatic heterocycles. The Morgan fingerprint density at radius 1 is 1.10 bits per heavy atom. The summed E-state index contributed by atoms with van der Waals surface area (Å²) in [7, 11) is 0. The number of Topliss-reactive ketones (excluding diaryl/α,β-unsaturated/α-hetero) is 1. The van der Waals surface area contributed by atoms with Crippen LogP contribution in [0.2, 0.25) is 0 Å². The lowest BCUT2D eigenvalue weighted by molar-refractivity contribution is -0.152. The number of esters is 1. The summed E-state index contributed by atoms with van der Waals surface area (Å²) >= 11 is 1.57. The SMILES string of the molecule is Cc1cc(C(=O)CCC(=O)OCC(=O)N2CCN(c3ccccn3)CC2)c(C)s1. The highest BCUT2D eigenvalue weighted by Gasteiger charge is 2.23. The zero-order chi connectivity index (χ0) is 20.8. The summed E-state index contributed by atoms with van der Waals surface area (Å²) < 4.78 is 5.08. The van der Waals surface area contributed by atoms with Crippen LogP contribution in [0.3, 0.4) is 0 Å². The lowest BCUT2D eigenvalue weighted by Gasteiger charge is -2.35. The van der Waals surface area contributed by atoms with Crippen LogP contribution in [0, 0.1) is 13.8 Å². The van der Waals surface area contributed by atoms with Crippen molar-refractivity contribution in [2.24, 2.45) is 0 Å². The van der Waals surface area contributed by atoms with Gasteiger partial charge in [-0.15, -0.1) is 11.3 Å². The number of piperazine rings is 1. The van der Waals surface area contributed by atoms with E-state index in [-0.39, 0.29) is 31.1 Å². The Balaban J connectivity index is 1.37. The predicted molar refractivity (Wildman–Crippen MR) is 111 cm³/mol. The van der Waals surface area contributed by atoms with E-state index < -0.39 is 5.97 Å². The molecule has 0 bridgehead atoms. The minimum atomic E-state index is -0.525. The minimum Gasteiger partial charge on any atom is -0.456 e. The van der Waals surface area contributed by atoms with Gasteiger partial charge in [0.15, 0.2) is 12.4 Å².